The summed E-state index contributed by atoms with van der Waals surface area (Å²) in [6, 6.07) is 17.0. The number of rotatable bonds is 4. The van der Waals surface area contributed by atoms with Gasteiger partial charge in [0.2, 0.25) is 0 Å². The number of carboxylic acid groups (broad SMARTS) is 1. The average molecular weight is 418 g/mol. The summed E-state index contributed by atoms with van der Waals surface area (Å²) in [4.78, 5) is 16.0. The van der Waals surface area contributed by atoms with Gasteiger partial charge in [-0.05, 0) is 65.0 Å². The molecule has 0 fully saturated rings. The molecule has 0 aliphatic heterocycles. The summed E-state index contributed by atoms with van der Waals surface area (Å²) in [6.45, 7) is 0. The summed E-state index contributed by atoms with van der Waals surface area (Å²) in [5.74, 6) is -0.941. The minimum absolute atomic E-state index is 0.507. The number of likely N-dealkylation sites (N-methyl/N-ethyl adjacent to an activating group) is 1. The number of carbonyl (C=O) groups is 1. The fourth-order valence-corrected chi connectivity index (χ4v) is 3.11. The Morgan fingerprint density at radius 3 is 2.57 bits per heavy atom. The van der Waals surface area contributed by atoms with Gasteiger partial charge in [-0.3, -0.25) is 9.78 Å². The Kier molecular flexibility index (Phi) is 4.58. The van der Waals surface area contributed by atoms with Gasteiger partial charge in [-0.2, -0.15) is 0 Å². The molecular formula is C18H15IN2O2. The lowest BCUT2D eigenvalue weighted by molar-refractivity contribution is -0.139. The number of hydrogen-bond acceptors (Lipinski definition) is 3. The maximum absolute atomic E-state index is 11.5. The molecule has 1 heterocycles. The zero-order chi connectivity index (χ0) is 16.4. The lowest BCUT2D eigenvalue weighted by Gasteiger charge is -2.15. The van der Waals surface area contributed by atoms with Gasteiger partial charge in [-0.15, -0.1) is 0 Å². The highest BCUT2D eigenvalue weighted by Gasteiger charge is 2.21. The summed E-state index contributed by atoms with van der Waals surface area (Å²) >= 11 is 2.27. The van der Waals surface area contributed by atoms with Crippen LogP contribution in [-0.2, 0) is 4.79 Å². The van der Waals surface area contributed by atoms with Crippen LogP contribution in [0, 0.1) is 3.57 Å². The highest BCUT2D eigenvalue weighted by atomic mass is 127. The number of aromatic nitrogens is 1. The SMILES string of the molecule is CNC(C(=O)O)c1cc(-c2ccccc2)c2cc(I)ccc2n1. The van der Waals surface area contributed by atoms with E-state index in [1.165, 1.54) is 0 Å². The molecule has 0 aliphatic rings. The van der Waals surface area contributed by atoms with E-state index in [4.69, 9.17) is 0 Å². The Morgan fingerprint density at radius 2 is 1.91 bits per heavy atom. The van der Waals surface area contributed by atoms with Crippen molar-refractivity contribution in [2.45, 2.75) is 6.04 Å². The van der Waals surface area contributed by atoms with Gasteiger partial charge in [-0.25, -0.2) is 0 Å². The zero-order valence-corrected chi connectivity index (χ0v) is 14.6. The van der Waals surface area contributed by atoms with Gasteiger partial charge in [0.25, 0.3) is 0 Å². The van der Waals surface area contributed by atoms with Gasteiger partial charge in [-0.1, -0.05) is 30.3 Å². The molecule has 0 saturated carbocycles. The first kappa shape index (κ1) is 15.9. The van der Waals surface area contributed by atoms with Crippen LogP contribution in [0.15, 0.2) is 54.6 Å². The predicted octanol–water partition coefficient (Wildman–Crippen LogP) is 3.85. The number of hydrogen-bond donors (Lipinski definition) is 2. The van der Waals surface area contributed by atoms with E-state index in [0.29, 0.717) is 5.69 Å². The van der Waals surface area contributed by atoms with Crippen molar-refractivity contribution >= 4 is 39.5 Å². The monoisotopic (exact) mass is 418 g/mol. The van der Waals surface area contributed by atoms with Crippen molar-refractivity contribution in [1.29, 1.82) is 0 Å². The van der Waals surface area contributed by atoms with Gasteiger partial charge in [0, 0.05) is 8.96 Å². The van der Waals surface area contributed by atoms with Crippen LogP contribution in [0.3, 0.4) is 0 Å². The third kappa shape index (κ3) is 3.20. The van der Waals surface area contributed by atoms with Gasteiger partial charge < -0.3 is 10.4 Å². The van der Waals surface area contributed by atoms with E-state index in [-0.39, 0.29) is 0 Å². The quantitative estimate of drug-likeness (QED) is 0.632. The van der Waals surface area contributed by atoms with Crippen molar-refractivity contribution in [3.63, 3.8) is 0 Å². The number of benzene rings is 2. The van der Waals surface area contributed by atoms with Gasteiger partial charge in [0.05, 0.1) is 11.2 Å². The first-order valence-corrected chi connectivity index (χ1v) is 8.23. The normalized spacial score (nSPS) is 12.3. The van der Waals surface area contributed by atoms with Crippen LogP contribution in [0.4, 0.5) is 0 Å². The first-order valence-electron chi connectivity index (χ1n) is 7.16. The Morgan fingerprint density at radius 1 is 1.17 bits per heavy atom. The molecule has 3 rings (SSSR count). The number of nitrogens with one attached hydrogen (secondary N) is 1. The lowest BCUT2D eigenvalue weighted by atomic mass is 9.98. The largest absolute Gasteiger partial charge is 0.480 e. The molecule has 4 nitrogen and oxygen atoms in total. The number of carboxylic acids is 1. The van der Waals surface area contributed by atoms with Crippen molar-refractivity contribution in [2.75, 3.05) is 7.05 Å². The van der Waals surface area contributed by atoms with Crippen LogP contribution in [0.5, 0.6) is 0 Å². The summed E-state index contributed by atoms with van der Waals surface area (Å²) in [5.41, 5.74) is 3.34. The second-order valence-electron chi connectivity index (χ2n) is 5.18. The number of pyridine rings is 1. The molecule has 2 aromatic carbocycles. The van der Waals surface area contributed by atoms with Crippen LogP contribution >= 0.6 is 22.6 Å². The molecule has 0 spiro atoms. The number of fused-ring (bicyclic) bond motifs is 1. The molecule has 5 heteroatoms. The number of aliphatic carboxylic acids is 1. The van der Waals surface area contributed by atoms with Crippen molar-refractivity contribution in [3.05, 3.63) is 63.9 Å². The Hall–Kier alpha value is -1.99. The maximum Gasteiger partial charge on any atom is 0.326 e. The van der Waals surface area contributed by atoms with Gasteiger partial charge >= 0.3 is 5.97 Å². The molecule has 116 valence electrons. The lowest BCUT2D eigenvalue weighted by Crippen LogP contribution is -2.26. The van der Waals surface area contributed by atoms with Crippen molar-refractivity contribution < 1.29 is 9.90 Å². The van der Waals surface area contributed by atoms with E-state index >= 15 is 0 Å². The van der Waals surface area contributed by atoms with Crippen LogP contribution in [0.2, 0.25) is 0 Å². The molecule has 0 saturated heterocycles. The molecule has 0 aliphatic carbocycles. The first-order chi connectivity index (χ1) is 11.1. The summed E-state index contributed by atoms with van der Waals surface area (Å²) < 4.78 is 1.12. The zero-order valence-electron chi connectivity index (χ0n) is 12.5. The topological polar surface area (TPSA) is 62.2 Å². The van der Waals surface area contributed by atoms with Crippen LogP contribution in [0.25, 0.3) is 22.0 Å². The van der Waals surface area contributed by atoms with Crippen molar-refractivity contribution in [2.24, 2.45) is 0 Å². The summed E-state index contributed by atoms with van der Waals surface area (Å²) in [6.07, 6.45) is 0. The maximum atomic E-state index is 11.5. The molecule has 0 radical (unpaired) electrons. The number of halogens is 1. The highest BCUT2D eigenvalue weighted by Crippen LogP contribution is 2.31. The molecule has 1 unspecified atom stereocenters. The second kappa shape index (κ2) is 6.64. The average Bonchev–Trinajstić information content (AvgIpc) is 2.55. The van der Waals surface area contributed by atoms with Crippen molar-refractivity contribution in [1.82, 2.24) is 10.3 Å². The predicted molar refractivity (Wildman–Crippen MR) is 99.3 cm³/mol. The van der Waals surface area contributed by atoms with E-state index in [1.54, 1.807) is 7.05 Å². The van der Waals surface area contributed by atoms with Gasteiger partial charge in [0.15, 0.2) is 0 Å². The van der Waals surface area contributed by atoms with Crippen molar-refractivity contribution in [3.8, 4) is 11.1 Å². The molecule has 0 bridgehead atoms. The third-order valence-electron chi connectivity index (χ3n) is 3.71. The Balaban J connectivity index is 2.30. The standard InChI is InChI=1S/C18H15IN2O2/c1-20-17(18(22)23)16-10-13(11-5-3-2-4-6-11)14-9-12(19)7-8-15(14)21-16/h2-10,17,20H,1H3,(H,22,23). The van der Waals surface area contributed by atoms with E-state index in [9.17, 15) is 9.90 Å². The molecule has 2 N–H and O–H groups in total. The van der Waals surface area contributed by atoms with Crippen LogP contribution < -0.4 is 5.32 Å². The number of nitrogens with zero attached hydrogens (tertiary/aromatic N) is 1. The van der Waals surface area contributed by atoms with E-state index in [2.05, 4.69) is 39.0 Å². The van der Waals surface area contributed by atoms with Crippen LogP contribution in [0.1, 0.15) is 11.7 Å². The molecular weight excluding hydrogens is 403 g/mol. The molecule has 1 atom stereocenters. The highest BCUT2D eigenvalue weighted by molar-refractivity contribution is 14.1. The summed E-state index contributed by atoms with van der Waals surface area (Å²) in [5, 5.41) is 13.2. The Bertz CT molecular complexity index is 866. The second-order valence-corrected chi connectivity index (χ2v) is 6.43. The molecule has 1 aromatic heterocycles. The fraction of sp³-hybridized carbons (Fsp3) is 0.111. The fourth-order valence-electron chi connectivity index (χ4n) is 2.62. The van der Waals surface area contributed by atoms with Gasteiger partial charge in [0.1, 0.15) is 6.04 Å². The van der Waals surface area contributed by atoms with E-state index in [0.717, 1.165) is 25.6 Å². The third-order valence-corrected chi connectivity index (χ3v) is 4.38. The summed E-state index contributed by atoms with van der Waals surface area (Å²) in [7, 11) is 1.63. The van der Waals surface area contributed by atoms with Crippen LogP contribution in [-0.4, -0.2) is 23.1 Å². The smallest absolute Gasteiger partial charge is 0.326 e. The molecule has 3 aromatic rings. The minimum Gasteiger partial charge on any atom is -0.480 e. The Labute approximate surface area is 147 Å². The minimum atomic E-state index is -0.941. The van der Waals surface area contributed by atoms with E-state index < -0.39 is 12.0 Å². The molecule has 0 amide bonds. The molecule has 23 heavy (non-hydrogen) atoms. The van der Waals surface area contributed by atoms with E-state index in [1.807, 2.05) is 48.5 Å².